The van der Waals surface area contributed by atoms with E-state index in [-0.39, 0.29) is 57.9 Å². The predicted molar refractivity (Wildman–Crippen MR) is 268 cm³/mol. The van der Waals surface area contributed by atoms with Gasteiger partial charge in [-0.3, -0.25) is 14.5 Å². The van der Waals surface area contributed by atoms with Crippen LogP contribution in [0, 0.1) is 17.8 Å². The Balaban J connectivity index is 1.94. The minimum atomic E-state index is -2.36. The number of carbonyl (C=O) groups excluding carboxylic acids is 1. The van der Waals surface area contributed by atoms with Crippen molar-refractivity contribution in [3.8, 4) is 0 Å². The molecular weight excluding hydrogens is 955 g/mol. The molecular formula is C53H85NO19. The fraction of sp³-hybridized carbons (Fsp3) is 0.698. The average Bonchev–Trinajstić information content (AvgIpc) is 3.31. The fourth-order valence-electron chi connectivity index (χ4n) is 9.30. The van der Waals surface area contributed by atoms with Crippen molar-refractivity contribution in [1.82, 2.24) is 4.90 Å². The van der Waals surface area contributed by atoms with Gasteiger partial charge in [-0.15, -0.1) is 0 Å². The third kappa shape index (κ3) is 21.9. The van der Waals surface area contributed by atoms with Crippen molar-refractivity contribution in [2.45, 2.75) is 189 Å². The van der Waals surface area contributed by atoms with Gasteiger partial charge in [0.05, 0.1) is 79.6 Å². The molecule has 3 aliphatic rings. The second-order valence-corrected chi connectivity index (χ2v) is 19.7. The van der Waals surface area contributed by atoms with Crippen molar-refractivity contribution >= 4 is 11.9 Å². The molecule has 0 aliphatic carbocycles. The van der Waals surface area contributed by atoms with Gasteiger partial charge in [-0.2, -0.15) is 0 Å². The number of fused-ring (bicyclic) bond motifs is 2. The van der Waals surface area contributed by atoms with Gasteiger partial charge in [0.1, 0.15) is 18.1 Å². The Hall–Kier alpha value is -3.52. The maximum atomic E-state index is 12.7. The first-order valence-electron chi connectivity index (χ1n) is 25.5. The summed E-state index contributed by atoms with van der Waals surface area (Å²) < 4.78 is 23.8. The van der Waals surface area contributed by atoms with Gasteiger partial charge < -0.3 is 85.3 Å². The molecule has 0 saturated carbocycles. The maximum absolute atomic E-state index is 12.7. The highest BCUT2D eigenvalue weighted by atomic mass is 16.7. The van der Waals surface area contributed by atoms with Gasteiger partial charge in [0.25, 0.3) is 0 Å². The van der Waals surface area contributed by atoms with Crippen molar-refractivity contribution in [2.24, 2.45) is 17.8 Å². The normalized spacial score (nSPS) is 38.8. The number of aliphatic hydroxyl groups excluding tert-OH is 11. The number of cyclic esters (lactones) is 1. The number of nitrogens with zero attached hydrogens (tertiary/aromatic N) is 1. The molecule has 3 rings (SSSR count). The quantitative estimate of drug-likeness (QED) is 0.135. The van der Waals surface area contributed by atoms with Crippen LogP contribution in [0.3, 0.4) is 0 Å². The van der Waals surface area contributed by atoms with E-state index in [9.17, 15) is 76.0 Å². The molecule has 0 amide bonds. The Labute approximate surface area is 429 Å². The molecule has 73 heavy (non-hydrogen) atoms. The lowest BCUT2D eigenvalue weighted by Crippen LogP contribution is -2.64. The van der Waals surface area contributed by atoms with Crippen LogP contribution in [0.2, 0.25) is 0 Å². The van der Waals surface area contributed by atoms with Crippen LogP contribution in [-0.2, 0) is 28.5 Å². The lowest BCUT2D eigenvalue weighted by Gasteiger charge is -2.47. The molecule has 0 radical (unpaired) electrons. The minimum Gasteiger partial charge on any atom is -0.481 e. The first-order chi connectivity index (χ1) is 34.6. The molecule has 416 valence electrons. The van der Waals surface area contributed by atoms with Gasteiger partial charge >= 0.3 is 11.9 Å². The Morgan fingerprint density at radius 1 is 0.658 bits per heavy atom. The molecule has 0 aromatic carbocycles. The topological polar surface area (TPSA) is 337 Å². The number of aliphatic hydroxyl groups is 12. The Morgan fingerprint density at radius 3 is 1.78 bits per heavy atom. The Bertz CT molecular complexity index is 1820. The summed E-state index contributed by atoms with van der Waals surface area (Å²) in [6.07, 6.45) is 3.53. The summed E-state index contributed by atoms with van der Waals surface area (Å²) in [5, 5.41) is 140. The van der Waals surface area contributed by atoms with E-state index >= 15 is 0 Å². The van der Waals surface area contributed by atoms with Gasteiger partial charge in [-0.1, -0.05) is 98.9 Å². The number of aliphatic carboxylic acids is 1. The molecule has 2 bridgehead atoms. The lowest BCUT2D eigenvalue weighted by molar-refractivity contribution is -0.312. The molecule has 20 nitrogen and oxygen atoms in total. The third-order valence-corrected chi connectivity index (χ3v) is 13.6. The van der Waals surface area contributed by atoms with E-state index in [0.717, 1.165) is 0 Å². The van der Waals surface area contributed by atoms with Gasteiger partial charge in [0.15, 0.2) is 12.1 Å². The van der Waals surface area contributed by atoms with E-state index in [1.807, 2.05) is 13.0 Å². The summed E-state index contributed by atoms with van der Waals surface area (Å²) in [7, 11) is 0. The van der Waals surface area contributed by atoms with E-state index in [1.54, 1.807) is 98.6 Å². The molecule has 2 fully saturated rings. The van der Waals surface area contributed by atoms with Crippen LogP contribution in [0.25, 0.3) is 0 Å². The summed E-state index contributed by atoms with van der Waals surface area (Å²) in [5.41, 5.74) is 0. The number of hydrogen-bond acceptors (Lipinski definition) is 19. The van der Waals surface area contributed by atoms with E-state index in [0.29, 0.717) is 12.8 Å². The SMILES string of the molecule is C[C@@H]1[C@H](O)[C@@H](C)C=CC=CC=CC=CC=CC=CC=C[C@H](OC2O[C@H](C)[C@@H](O)[C@H](N(CCCO)CCCO)[C@@H]2O)CC2O[C@](O)(C[C@@H](O)C[C@@H](O)[C@H](O)CC[C@@H](O)C[C@@H](O)CC(=O)O[C@H]1C)C[C@H](O)[C@H]2C(=O)O. The summed E-state index contributed by atoms with van der Waals surface area (Å²) >= 11 is 0. The highest BCUT2D eigenvalue weighted by Crippen LogP contribution is 2.38. The van der Waals surface area contributed by atoms with Gasteiger partial charge in [-0.25, -0.2) is 0 Å². The molecule has 0 aromatic heterocycles. The standard InChI is InChI=1S/C53H85NO19/c1-33-19-15-13-11-9-7-5-6-8-10-12-14-16-20-40(72-52-50(66)47(49(65)36(4)71-52)54(23-17-25-55)24-18-26-56)30-44-46(51(67)68)43(62)32-53(69,73-44)31-39(59)28-42(61)41(60)22-21-37(57)27-38(58)29-45(63)70-35(3)34(2)48(33)64/h5-16,19-20,33-44,46-50,52,55-62,64-66,69H,17-18,21-32H2,1-4H3,(H,67,68)/t33-,34-,35-,36+,37+,38+,39-,40-,41+,42+,43-,44?,46+,47-,48+,49+,50-,52?,53+/m0/s1. The molecule has 13 N–H and O–H groups in total. The highest BCUT2D eigenvalue weighted by molar-refractivity contribution is 5.71. The average molecular weight is 1040 g/mol. The zero-order valence-corrected chi connectivity index (χ0v) is 42.6. The second-order valence-electron chi connectivity index (χ2n) is 19.7. The fourth-order valence-corrected chi connectivity index (χ4v) is 9.30. The van der Waals surface area contributed by atoms with Crippen LogP contribution in [0.4, 0.5) is 0 Å². The molecule has 0 aromatic rings. The third-order valence-electron chi connectivity index (χ3n) is 13.6. The minimum absolute atomic E-state index is 0.121. The molecule has 19 atom stereocenters. The van der Waals surface area contributed by atoms with Crippen molar-refractivity contribution in [2.75, 3.05) is 26.3 Å². The van der Waals surface area contributed by atoms with E-state index < -0.39 is 147 Å². The first-order valence-corrected chi connectivity index (χ1v) is 25.5. The van der Waals surface area contributed by atoms with Crippen LogP contribution in [0.1, 0.15) is 91.9 Å². The number of allylic oxidation sites excluding steroid dienone is 12. The van der Waals surface area contributed by atoms with E-state index in [2.05, 4.69) is 0 Å². The number of ether oxygens (including phenoxy) is 4. The monoisotopic (exact) mass is 1040 g/mol. The van der Waals surface area contributed by atoms with Crippen molar-refractivity contribution in [3.05, 3.63) is 85.1 Å². The van der Waals surface area contributed by atoms with Gasteiger partial charge in [0, 0.05) is 63.8 Å². The smallest absolute Gasteiger partial charge is 0.311 e. The van der Waals surface area contributed by atoms with Crippen LogP contribution in [-0.4, -0.2) is 207 Å². The molecule has 2 saturated heterocycles. The zero-order chi connectivity index (χ0) is 54.3. The Kier molecular flexibility index (Phi) is 28.7. The number of hydrogen-bond donors (Lipinski definition) is 13. The molecule has 20 heteroatoms. The lowest BCUT2D eigenvalue weighted by atomic mass is 9.82. The predicted octanol–water partition coefficient (Wildman–Crippen LogP) is 0.820. The first kappa shape index (κ1) is 63.8. The van der Waals surface area contributed by atoms with Crippen LogP contribution >= 0.6 is 0 Å². The van der Waals surface area contributed by atoms with Crippen LogP contribution in [0.15, 0.2) is 85.1 Å². The second kappa shape index (κ2) is 32.8. The van der Waals surface area contributed by atoms with Crippen molar-refractivity contribution in [3.63, 3.8) is 0 Å². The van der Waals surface area contributed by atoms with Crippen LogP contribution < -0.4 is 0 Å². The number of esters is 1. The number of carboxylic acid groups (broad SMARTS) is 1. The number of carbonyl (C=O) groups is 2. The largest absolute Gasteiger partial charge is 0.481 e. The molecule has 0 spiro atoms. The summed E-state index contributed by atoms with van der Waals surface area (Å²) in [6, 6.07) is -0.979. The number of carboxylic acids is 1. The molecule has 3 aliphatic heterocycles. The molecule has 2 unspecified atom stereocenters. The van der Waals surface area contributed by atoms with Crippen LogP contribution in [0.5, 0.6) is 0 Å². The number of rotatable bonds is 10. The molecule has 3 heterocycles. The van der Waals surface area contributed by atoms with Gasteiger partial charge in [-0.05, 0) is 46.0 Å². The van der Waals surface area contributed by atoms with Gasteiger partial charge in [0.2, 0.25) is 0 Å². The summed E-state index contributed by atoms with van der Waals surface area (Å²) in [6.45, 7) is 6.95. The Morgan fingerprint density at radius 2 is 1.22 bits per heavy atom. The summed E-state index contributed by atoms with van der Waals surface area (Å²) in [5.74, 6) is -6.95. The van der Waals surface area contributed by atoms with Crippen molar-refractivity contribution in [1.29, 1.82) is 0 Å². The zero-order valence-electron chi connectivity index (χ0n) is 42.6. The highest BCUT2D eigenvalue weighted by Gasteiger charge is 2.51. The summed E-state index contributed by atoms with van der Waals surface area (Å²) in [4.78, 5) is 27.1. The van der Waals surface area contributed by atoms with E-state index in [1.165, 1.54) is 6.08 Å². The maximum Gasteiger partial charge on any atom is 0.311 e. The van der Waals surface area contributed by atoms with Crippen molar-refractivity contribution < 1.29 is 94.9 Å². The van der Waals surface area contributed by atoms with E-state index in [4.69, 9.17) is 18.9 Å².